The van der Waals surface area contributed by atoms with Gasteiger partial charge in [0.25, 0.3) is 0 Å². The topological polar surface area (TPSA) is 38.9 Å². The van der Waals surface area contributed by atoms with Crippen molar-refractivity contribution in [3.05, 3.63) is 114 Å². The lowest BCUT2D eigenvalue weighted by Crippen LogP contribution is -1.94. The zero-order valence-electron chi connectivity index (χ0n) is 22.0. The number of nitrogens with zero attached hydrogens (tertiary/aromatic N) is 2. The molecule has 0 fully saturated rings. The number of allylic oxidation sites excluding steroid dienone is 1. The molecule has 8 rings (SSSR count). The molecule has 0 atom stereocenters. The number of hydrogen-bond acceptors (Lipinski definition) is 3. The molecule has 0 aliphatic heterocycles. The fourth-order valence-corrected chi connectivity index (χ4v) is 6.16. The van der Waals surface area contributed by atoms with Gasteiger partial charge in [0.15, 0.2) is 0 Å². The highest BCUT2D eigenvalue weighted by Crippen LogP contribution is 2.39. The van der Waals surface area contributed by atoms with E-state index in [1.54, 1.807) is 0 Å². The van der Waals surface area contributed by atoms with Gasteiger partial charge in [-0.05, 0) is 66.4 Å². The molecule has 0 radical (unpaired) electrons. The van der Waals surface area contributed by atoms with Crippen molar-refractivity contribution in [1.82, 2.24) is 9.97 Å². The maximum atomic E-state index is 6.16. The van der Waals surface area contributed by atoms with Gasteiger partial charge in [0, 0.05) is 33.7 Å². The van der Waals surface area contributed by atoms with Gasteiger partial charge >= 0.3 is 0 Å². The Hall–Kier alpha value is -4.76. The van der Waals surface area contributed by atoms with Crippen LogP contribution in [0.1, 0.15) is 28.9 Å². The Morgan fingerprint density at radius 2 is 1.44 bits per heavy atom. The van der Waals surface area contributed by atoms with Gasteiger partial charge in [-0.3, -0.25) is 4.98 Å². The Bertz CT molecular complexity index is 2150. The third-order valence-corrected chi connectivity index (χ3v) is 8.06. The van der Waals surface area contributed by atoms with E-state index in [2.05, 4.69) is 105 Å². The highest BCUT2D eigenvalue weighted by Gasteiger charge is 2.18. The minimum Gasteiger partial charge on any atom is -0.460 e. The Morgan fingerprint density at radius 1 is 0.692 bits per heavy atom. The van der Waals surface area contributed by atoms with Gasteiger partial charge < -0.3 is 4.42 Å². The third kappa shape index (κ3) is 3.43. The number of fused-ring (bicyclic) bond motifs is 9. The predicted octanol–water partition coefficient (Wildman–Crippen LogP) is 9.59. The number of aromatic nitrogens is 2. The van der Waals surface area contributed by atoms with Crippen LogP contribution in [0.25, 0.3) is 72.0 Å². The molecule has 0 saturated heterocycles. The third-order valence-electron chi connectivity index (χ3n) is 8.06. The van der Waals surface area contributed by atoms with E-state index >= 15 is 0 Å². The monoisotopic (exact) mass is 502 g/mol. The summed E-state index contributed by atoms with van der Waals surface area (Å²) in [5.41, 5.74) is 10.7. The minimum absolute atomic E-state index is 0.877. The molecule has 0 spiro atoms. The van der Waals surface area contributed by atoms with Gasteiger partial charge in [0.05, 0.1) is 22.9 Å². The van der Waals surface area contributed by atoms with Gasteiger partial charge in [-0.25, -0.2) is 4.98 Å². The van der Waals surface area contributed by atoms with Gasteiger partial charge in [-0.15, -0.1) is 0 Å². The normalized spacial score (nSPS) is 13.1. The van der Waals surface area contributed by atoms with Crippen molar-refractivity contribution in [2.45, 2.75) is 26.7 Å². The van der Waals surface area contributed by atoms with Gasteiger partial charge in [0.1, 0.15) is 11.3 Å². The average Bonchev–Trinajstić information content (AvgIpc) is 3.35. The van der Waals surface area contributed by atoms with Crippen molar-refractivity contribution in [2.24, 2.45) is 0 Å². The summed E-state index contributed by atoms with van der Waals surface area (Å²) in [5.74, 6) is 1.09. The Labute approximate surface area is 226 Å². The molecule has 1 aliphatic carbocycles. The zero-order valence-corrected chi connectivity index (χ0v) is 22.0. The molecule has 2 aromatic heterocycles. The first-order valence-corrected chi connectivity index (χ1v) is 13.6. The summed E-state index contributed by atoms with van der Waals surface area (Å²) in [6.45, 7) is 4.27. The summed E-state index contributed by atoms with van der Waals surface area (Å²) in [6, 6.07) is 28.3. The molecule has 39 heavy (non-hydrogen) atoms. The van der Waals surface area contributed by atoms with Crippen LogP contribution in [0.3, 0.4) is 0 Å². The summed E-state index contributed by atoms with van der Waals surface area (Å²) >= 11 is 0. The second kappa shape index (κ2) is 8.37. The molecule has 1 aliphatic rings. The van der Waals surface area contributed by atoms with E-state index in [1.807, 2.05) is 6.20 Å². The van der Waals surface area contributed by atoms with Crippen LogP contribution < -0.4 is 0 Å². The Balaban J connectivity index is 1.37. The summed E-state index contributed by atoms with van der Waals surface area (Å²) in [4.78, 5) is 10.4. The SMILES string of the molecule is Cc1ccc2c3ccc(C)cc3c3nc(-c4ccccc4-c4ccc5oc6c(c5c4)C=CCC6)cnc3c2c1. The zero-order chi connectivity index (χ0) is 26.1. The molecule has 0 N–H and O–H groups in total. The van der Waals surface area contributed by atoms with E-state index in [9.17, 15) is 0 Å². The van der Waals surface area contributed by atoms with Crippen LogP contribution in [-0.4, -0.2) is 9.97 Å². The van der Waals surface area contributed by atoms with E-state index in [1.165, 1.54) is 32.8 Å². The molecule has 0 saturated carbocycles. The second-order valence-corrected chi connectivity index (χ2v) is 10.7. The van der Waals surface area contributed by atoms with Crippen LogP contribution in [0.2, 0.25) is 0 Å². The van der Waals surface area contributed by atoms with Crippen LogP contribution in [0.5, 0.6) is 0 Å². The van der Waals surface area contributed by atoms with E-state index in [-0.39, 0.29) is 0 Å². The van der Waals surface area contributed by atoms with E-state index < -0.39 is 0 Å². The fourth-order valence-electron chi connectivity index (χ4n) is 6.16. The smallest absolute Gasteiger partial charge is 0.134 e. The summed E-state index contributed by atoms with van der Waals surface area (Å²) in [7, 11) is 0. The van der Waals surface area contributed by atoms with Crippen molar-refractivity contribution in [3.8, 4) is 22.4 Å². The molecule has 3 nitrogen and oxygen atoms in total. The van der Waals surface area contributed by atoms with Gasteiger partial charge in [-0.2, -0.15) is 0 Å². The van der Waals surface area contributed by atoms with E-state index in [0.29, 0.717) is 0 Å². The Kier molecular flexibility index (Phi) is 4.78. The van der Waals surface area contributed by atoms with Gasteiger partial charge in [0.2, 0.25) is 0 Å². The van der Waals surface area contributed by atoms with Crippen molar-refractivity contribution in [1.29, 1.82) is 0 Å². The predicted molar refractivity (Wildman–Crippen MR) is 162 cm³/mol. The largest absolute Gasteiger partial charge is 0.460 e. The molecule has 5 aromatic carbocycles. The molecule has 0 unspecified atom stereocenters. The molecule has 2 heterocycles. The highest BCUT2D eigenvalue weighted by atomic mass is 16.3. The molecule has 3 heteroatoms. The number of benzene rings is 5. The fraction of sp³-hybridized carbons (Fsp3) is 0.111. The molecule has 0 amide bonds. The molecule has 186 valence electrons. The lowest BCUT2D eigenvalue weighted by molar-refractivity contribution is 0.546. The molecular weight excluding hydrogens is 476 g/mol. The summed E-state index contributed by atoms with van der Waals surface area (Å²) in [6.07, 6.45) is 8.37. The van der Waals surface area contributed by atoms with Crippen molar-refractivity contribution < 1.29 is 4.42 Å². The maximum Gasteiger partial charge on any atom is 0.134 e. The van der Waals surface area contributed by atoms with Crippen LogP contribution in [0, 0.1) is 13.8 Å². The van der Waals surface area contributed by atoms with E-state index in [0.717, 1.165) is 68.4 Å². The van der Waals surface area contributed by atoms with Gasteiger partial charge in [-0.1, -0.05) is 77.9 Å². The second-order valence-electron chi connectivity index (χ2n) is 10.7. The number of rotatable bonds is 2. The Morgan fingerprint density at radius 3 is 2.23 bits per heavy atom. The average molecular weight is 503 g/mol. The summed E-state index contributed by atoms with van der Waals surface area (Å²) < 4.78 is 6.16. The maximum absolute atomic E-state index is 6.16. The van der Waals surface area contributed by atoms with Crippen LogP contribution in [-0.2, 0) is 6.42 Å². The summed E-state index contributed by atoms with van der Waals surface area (Å²) in [5, 5.41) is 5.90. The molecule has 7 aromatic rings. The lowest BCUT2D eigenvalue weighted by atomic mass is 9.94. The molecular formula is C36H26N2O. The lowest BCUT2D eigenvalue weighted by Gasteiger charge is -2.13. The van der Waals surface area contributed by atoms with Crippen molar-refractivity contribution >= 4 is 49.6 Å². The quantitative estimate of drug-likeness (QED) is 0.221. The van der Waals surface area contributed by atoms with Crippen LogP contribution >= 0.6 is 0 Å². The highest BCUT2D eigenvalue weighted by molar-refractivity contribution is 6.23. The van der Waals surface area contributed by atoms with E-state index in [4.69, 9.17) is 14.4 Å². The van der Waals surface area contributed by atoms with Crippen molar-refractivity contribution in [2.75, 3.05) is 0 Å². The first-order valence-electron chi connectivity index (χ1n) is 13.6. The minimum atomic E-state index is 0.877. The number of aryl methyl sites for hydroxylation is 3. The standard InChI is InChI=1S/C36H26N2O/c1-21-11-14-25-26-15-12-22(2)18-31(26)36-35(30(25)17-21)37-20-32(38-36)27-8-4-3-7-24(27)23-13-16-34-29(19-23)28-9-5-6-10-33(28)39-34/h3-5,7-9,11-20H,6,10H2,1-2H3. The molecule has 0 bridgehead atoms. The number of furan rings is 1. The number of hydrogen-bond donors (Lipinski definition) is 0. The van der Waals surface area contributed by atoms with Crippen molar-refractivity contribution in [3.63, 3.8) is 0 Å². The first-order chi connectivity index (χ1) is 19.1. The van der Waals surface area contributed by atoms with Crippen LogP contribution in [0.15, 0.2) is 95.6 Å². The first kappa shape index (κ1) is 22.2. The van der Waals surface area contributed by atoms with Crippen LogP contribution in [0.4, 0.5) is 0 Å².